The highest BCUT2D eigenvalue weighted by molar-refractivity contribution is 6.40. The van der Waals surface area contributed by atoms with Crippen molar-refractivity contribution in [1.82, 2.24) is 29.3 Å². The van der Waals surface area contributed by atoms with Crippen molar-refractivity contribution in [1.29, 1.82) is 0 Å². The van der Waals surface area contributed by atoms with Crippen molar-refractivity contribution in [2.45, 2.75) is 89.8 Å². The fourth-order valence-corrected chi connectivity index (χ4v) is 7.42. The van der Waals surface area contributed by atoms with Gasteiger partial charge in [0.25, 0.3) is 0 Å². The molecule has 2 atom stereocenters. The standard InChI is InChI=1S/C21H30ClN3O3.C16H22ClN3O.CH2Cl2/c1-21(2,3)28-20(26)24-11-6-8-15(14-24)19-23-17-10-5-9-16(22)18(17)25(19)12-7-13-27-4;1-21-10-4-9-20-15-13(17)6-2-7-14(15)19-16(20)12-5-3-8-18-11-12;2-1-3/h5,9-10,15H,6-8,11-14H2,1-4H3;2,6-7,12,18H,3-5,8-11H2,1H3;1H2/t15-;12-;/m11./s1. The third-order valence-corrected chi connectivity index (χ3v) is 9.66. The van der Waals surface area contributed by atoms with Crippen LogP contribution in [0.1, 0.15) is 82.8 Å². The lowest BCUT2D eigenvalue weighted by Gasteiger charge is -2.34. The molecule has 2 saturated heterocycles. The Morgan fingerprint density at radius 1 is 0.846 bits per heavy atom. The van der Waals surface area contributed by atoms with Gasteiger partial charge in [-0.25, -0.2) is 14.8 Å². The topological polar surface area (TPSA) is 95.7 Å². The molecule has 2 fully saturated rings. The molecule has 2 aromatic heterocycles. The lowest BCUT2D eigenvalue weighted by Crippen LogP contribution is -2.42. The van der Waals surface area contributed by atoms with Gasteiger partial charge in [0.05, 0.1) is 37.5 Å². The first-order valence-corrected chi connectivity index (χ1v) is 19.9. The summed E-state index contributed by atoms with van der Waals surface area (Å²) < 4.78 is 20.5. The number of halogens is 4. The Labute approximate surface area is 328 Å². The van der Waals surface area contributed by atoms with Crippen molar-refractivity contribution in [3.05, 3.63) is 58.1 Å². The van der Waals surface area contributed by atoms with Crippen LogP contribution in [0.25, 0.3) is 22.1 Å². The highest BCUT2D eigenvalue weighted by atomic mass is 35.5. The number of rotatable bonds is 10. The van der Waals surface area contributed by atoms with Crippen LogP contribution in [0.4, 0.5) is 4.79 Å². The minimum atomic E-state index is -0.495. The van der Waals surface area contributed by atoms with Crippen LogP contribution in [0.2, 0.25) is 10.0 Å². The van der Waals surface area contributed by atoms with E-state index in [1.54, 1.807) is 19.1 Å². The van der Waals surface area contributed by atoms with Gasteiger partial charge in [-0.3, -0.25) is 0 Å². The number of para-hydroxylation sites is 2. The minimum Gasteiger partial charge on any atom is -0.444 e. The van der Waals surface area contributed by atoms with Crippen molar-refractivity contribution >= 4 is 74.6 Å². The van der Waals surface area contributed by atoms with Gasteiger partial charge in [0, 0.05) is 72.0 Å². The minimum absolute atomic E-state index is 0.160. The molecule has 2 aliphatic heterocycles. The Balaban J connectivity index is 0.000000224. The molecular weight excluding hydrogens is 746 g/mol. The molecule has 0 radical (unpaired) electrons. The summed E-state index contributed by atoms with van der Waals surface area (Å²) in [5.74, 6) is 2.80. The first-order chi connectivity index (χ1) is 25.0. The molecule has 10 nitrogen and oxygen atoms in total. The number of imidazole rings is 2. The molecule has 0 saturated carbocycles. The summed E-state index contributed by atoms with van der Waals surface area (Å²) in [5, 5.41) is 5.16. The number of ether oxygens (including phenoxy) is 3. The third kappa shape index (κ3) is 11.6. The number of aryl methyl sites for hydroxylation is 2. The Hall–Kier alpha value is -2.31. The molecule has 2 aromatic carbocycles. The summed E-state index contributed by atoms with van der Waals surface area (Å²) in [4.78, 5) is 24.1. The molecule has 1 N–H and O–H groups in total. The molecule has 52 heavy (non-hydrogen) atoms. The number of methoxy groups -OCH3 is 2. The van der Waals surface area contributed by atoms with Crippen LogP contribution in [0.5, 0.6) is 0 Å². The van der Waals surface area contributed by atoms with E-state index in [1.807, 2.05) is 57.2 Å². The monoisotopic (exact) mass is 798 g/mol. The summed E-state index contributed by atoms with van der Waals surface area (Å²) in [6, 6.07) is 11.8. The highest BCUT2D eigenvalue weighted by Gasteiger charge is 2.31. The maximum atomic E-state index is 12.6. The second-order valence-corrected chi connectivity index (χ2v) is 15.7. The largest absolute Gasteiger partial charge is 0.444 e. The van der Waals surface area contributed by atoms with Crippen molar-refractivity contribution < 1.29 is 19.0 Å². The predicted octanol–water partition coefficient (Wildman–Crippen LogP) is 9.46. The number of carbonyl (C=O) groups excluding carboxylic acids is 1. The predicted molar refractivity (Wildman–Crippen MR) is 214 cm³/mol. The number of aromatic nitrogens is 4. The Morgan fingerprint density at radius 3 is 1.85 bits per heavy atom. The average Bonchev–Trinajstić information content (AvgIpc) is 3.69. The summed E-state index contributed by atoms with van der Waals surface area (Å²) in [5.41, 5.74) is 3.43. The van der Waals surface area contributed by atoms with Crippen molar-refractivity contribution in [3.63, 3.8) is 0 Å². The molecule has 1 amide bonds. The second kappa shape index (κ2) is 21.0. The van der Waals surface area contributed by atoms with E-state index in [-0.39, 0.29) is 17.4 Å². The number of hydrogen-bond acceptors (Lipinski definition) is 7. The number of fused-ring (bicyclic) bond motifs is 2. The molecule has 4 aromatic rings. The SMILES string of the molecule is COCCCn1c([C@@H]2CCCN(C(=O)OC(C)(C)C)C2)nc2cccc(Cl)c21.COCCCn1c([C@@H]2CCCNC2)nc2cccc(Cl)c21.ClCCl. The van der Waals surface area contributed by atoms with E-state index in [9.17, 15) is 4.79 Å². The lowest BCUT2D eigenvalue weighted by molar-refractivity contribution is 0.0195. The first kappa shape index (κ1) is 42.4. The van der Waals surface area contributed by atoms with Crippen molar-refractivity contribution in [3.8, 4) is 0 Å². The van der Waals surface area contributed by atoms with Crippen LogP contribution in [0, 0.1) is 0 Å². The van der Waals surface area contributed by atoms with E-state index in [1.165, 1.54) is 18.7 Å². The molecule has 0 spiro atoms. The Morgan fingerprint density at radius 2 is 1.37 bits per heavy atom. The maximum absolute atomic E-state index is 12.6. The number of hydrogen-bond donors (Lipinski definition) is 1. The van der Waals surface area contributed by atoms with Gasteiger partial charge < -0.3 is 33.6 Å². The quantitative estimate of drug-likeness (QED) is 0.126. The van der Waals surface area contributed by atoms with Crippen LogP contribution in [0.15, 0.2) is 36.4 Å². The van der Waals surface area contributed by atoms with E-state index in [4.69, 9.17) is 70.6 Å². The van der Waals surface area contributed by atoms with Crippen LogP contribution < -0.4 is 5.32 Å². The maximum Gasteiger partial charge on any atom is 0.410 e. The number of nitrogens with zero attached hydrogens (tertiary/aromatic N) is 5. The van der Waals surface area contributed by atoms with Crippen molar-refractivity contribution in [2.75, 3.05) is 59.0 Å². The van der Waals surface area contributed by atoms with E-state index in [0.29, 0.717) is 24.1 Å². The van der Waals surface area contributed by atoms with E-state index in [2.05, 4.69) is 14.5 Å². The molecule has 14 heteroatoms. The van der Waals surface area contributed by atoms with Crippen LogP contribution >= 0.6 is 46.4 Å². The van der Waals surface area contributed by atoms with Gasteiger partial charge in [-0.15, -0.1) is 23.2 Å². The molecular formula is C38H54Cl4N6O4. The van der Waals surface area contributed by atoms with Crippen LogP contribution in [-0.4, -0.2) is 94.6 Å². The normalized spacial score (nSPS) is 17.8. The summed E-state index contributed by atoms with van der Waals surface area (Å²) in [7, 11) is 3.45. The molecule has 288 valence electrons. The van der Waals surface area contributed by atoms with Gasteiger partial charge in [0.1, 0.15) is 17.2 Å². The van der Waals surface area contributed by atoms with Gasteiger partial charge in [0.2, 0.25) is 0 Å². The number of likely N-dealkylation sites (tertiary alicyclic amines) is 1. The zero-order chi connectivity index (χ0) is 37.7. The molecule has 0 unspecified atom stereocenters. The first-order valence-electron chi connectivity index (χ1n) is 18.1. The van der Waals surface area contributed by atoms with Gasteiger partial charge >= 0.3 is 6.09 Å². The molecule has 0 bridgehead atoms. The van der Waals surface area contributed by atoms with Crippen molar-refractivity contribution in [2.24, 2.45) is 0 Å². The van der Waals surface area contributed by atoms with Crippen LogP contribution in [0.3, 0.4) is 0 Å². The summed E-state index contributed by atoms with van der Waals surface area (Å²) in [6.45, 7) is 12.2. The van der Waals surface area contributed by atoms with E-state index < -0.39 is 5.60 Å². The fourth-order valence-electron chi connectivity index (χ4n) is 6.88. The number of amides is 1. The highest BCUT2D eigenvalue weighted by Crippen LogP contribution is 2.33. The number of nitrogens with one attached hydrogen (secondary N) is 1. The van der Waals surface area contributed by atoms with Gasteiger partial charge in [-0.05, 0) is 90.1 Å². The lowest BCUT2D eigenvalue weighted by atomic mass is 9.97. The van der Waals surface area contributed by atoms with E-state index in [0.717, 1.165) is 97.9 Å². The van der Waals surface area contributed by atoms with E-state index >= 15 is 0 Å². The Kier molecular flexibility index (Phi) is 17.1. The number of carbonyl (C=O) groups is 1. The number of alkyl halides is 2. The summed E-state index contributed by atoms with van der Waals surface area (Å²) in [6.07, 6.45) is 5.92. The fraction of sp³-hybridized carbons (Fsp3) is 0.605. The molecule has 6 rings (SSSR count). The average molecular weight is 801 g/mol. The smallest absolute Gasteiger partial charge is 0.410 e. The third-order valence-electron chi connectivity index (χ3n) is 9.05. The number of benzene rings is 2. The van der Waals surface area contributed by atoms with Gasteiger partial charge in [-0.2, -0.15) is 0 Å². The van der Waals surface area contributed by atoms with Gasteiger partial charge in [0.15, 0.2) is 0 Å². The molecule has 4 heterocycles. The second-order valence-electron chi connectivity index (χ2n) is 14.1. The van der Waals surface area contributed by atoms with Gasteiger partial charge in [-0.1, -0.05) is 35.3 Å². The number of piperidine rings is 2. The Bertz CT molecular complexity index is 1700. The zero-order valence-corrected chi connectivity index (χ0v) is 34.1. The molecule has 2 aliphatic rings. The van der Waals surface area contributed by atoms with Crippen LogP contribution in [-0.2, 0) is 27.3 Å². The zero-order valence-electron chi connectivity index (χ0n) is 31.1. The molecule has 0 aliphatic carbocycles. The summed E-state index contributed by atoms with van der Waals surface area (Å²) >= 11 is 22.4.